The Balaban J connectivity index is 2.32. The molecule has 1 aromatic rings. The van der Waals surface area contributed by atoms with E-state index in [1.165, 1.54) is 36.1 Å². The number of carbonyl (C=O) groups excluding carboxylic acids is 3. The number of primary amides is 1. The Hall–Kier alpha value is -2.44. The van der Waals surface area contributed by atoms with Gasteiger partial charge in [0.2, 0.25) is 5.91 Å². The van der Waals surface area contributed by atoms with Crippen LogP contribution in [0.4, 0.5) is 14.9 Å². The van der Waals surface area contributed by atoms with Gasteiger partial charge in [-0.15, -0.1) is 0 Å². The van der Waals surface area contributed by atoms with Gasteiger partial charge in [-0.1, -0.05) is 0 Å². The van der Waals surface area contributed by atoms with Crippen LogP contribution in [0.15, 0.2) is 24.3 Å². The third-order valence-corrected chi connectivity index (χ3v) is 2.87. The minimum absolute atomic E-state index is 0.388. The van der Waals surface area contributed by atoms with E-state index in [1.807, 2.05) is 0 Å². The average molecular weight is 265 g/mol. The topological polar surface area (TPSA) is 83.7 Å². The Labute approximate surface area is 108 Å². The van der Waals surface area contributed by atoms with Gasteiger partial charge in [-0.3, -0.25) is 19.4 Å². The number of hydrogen-bond acceptors (Lipinski definition) is 3. The third-order valence-electron chi connectivity index (χ3n) is 2.87. The lowest BCUT2D eigenvalue weighted by molar-refractivity contribution is -0.130. The fourth-order valence-electron chi connectivity index (χ4n) is 1.96. The van der Waals surface area contributed by atoms with Crippen LogP contribution in [0.5, 0.6) is 0 Å². The molecule has 2 N–H and O–H groups in total. The number of imide groups is 1. The molecule has 0 spiro atoms. The van der Waals surface area contributed by atoms with E-state index in [4.69, 9.17) is 5.73 Å². The summed E-state index contributed by atoms with van der Waals surface area (Å²) in [5, 5.41) is 0. The Morgan fingerprint density at radius 1 is 1.32 bits per heavy atom. The van der Waals surface area contributed by atoms with Crippen molar-refractivity contribution in [2.75, 3.05) is 11.4 Å². The molecule has 1 atom stereocenters. The zero-order chi connectivity index (χ0) is 14.2. The van der Waals surface area contributed by atoms with E-state index >= 15 is 0 Å². The van der Waals surface area contributed by atoms with Crippen molar-refractivity contribution in [3.8, 4) is 0 Å². The smallest absolute Gasteiger partial charge is 0.332 e. The summed E-state index contributed by atoms with van der Waals surface area (Å²) in [6.45, 7) is 1.07. The molecule has 0 aromatic heterocycles. The number of hydrogen-bond donors (Lipinski definition) is 1. The maximum Gasteiger partial charge on any atom is 0.332 e. The molecule has 19 heavy (non-hydrogen) atoms. The number of anilines is 1. The van der Waals surface area contributed by atoms with Crippen molar-refractivity contribution in [1.29, 1.82) is 0 Å². The first-order valence-corrected chi connectivity index (χ1v) is 5.60. The van der Waals surface area contributed by atoms with E-state index in [0.29, 0.717) is 5.69 Å². The van der Waals surface area contributed by atoms with Gasteiger partial charge in [0, 0.05) is 5.69 Å². The summed E-state index contributed by atoms with van der Waals surface area (Å²) in [5.74, 6) is -1.72. The highest BCUT2D eigenvalue weighted by Crippen LogP contribution is 2.25. The van der Waals surface area contributed by atoms with Crippen LogP contribution in [0, 0.1) is 5.82 Å². The minimum Gasteiger partial charge on any atom is -0.368 e. The summed E-state index contributed by atoms with van der Waals surface area (Å²) < 4.78 is 12.9. The summed E-state index contributed by atoms with van der Waals surface area (Å²) in [5.41, 5.74) is 5.38. The van der Waals surface area contributed by atoms with Crippen LogP contribution >= 0.6 is 0 Å². The quantitative estimate of drug-likeness (QED) is 0.806. The molecule has 0 radical (unpaired) electrons. The summed E-state index contributed by atoms with van der Waals surface area (Å²) in [4.78, 5) is 36.8. The predicted molar refractivity (Wildman–Crippen MR) is 64.6 cm³/mol. The molecule has 0 bridgehead atoms. The maximum absolute atomic E-state index is 12.9. The first-order chi connectivity index (χ1) is 8.91. The first kappa shape index (κ1) is 13.0. The molecule has 0 saturated carbocycles. The molecule has 100 valence electrons. The summed E-state index contributed by atoms with van der Waals surface area (Å²) >= 11 is 0. The second kappa shape index (κ2) is 4.68. The van der Waals surface area contributed by atoms with E-state index in [0.717, 1.165) is 4.90 Å². The number of urea groups is 1. The molecular weight excluding hydrogens is 253 g/mol. The first-order valence-electron chi connectivity index (χ1n) is 5.60. The van der Waals surface area contributed by atoms with Gasteiger partial charge in [-0.05, 0) is 31.2 Å². The van der Waals surface area contributed by atoms with E-state index < -0.39 is 36.2 Å². The lowest BCUT2D eigenvalue weighted by atomic mass is 10.2. The molecule has 1 aromatic carbocycles. The number of rotatable bonds is 3. The number of halogens is 1. The van der Waals surface area contributed by atoms with Gasteiger partial charge in [0.25, 0.3) is 5.91 Å². The summed E-state index contributed by atoms with van der Waals surface area (Å²) in [6, 6.07) is 3.78. The van der Waals surface area contributed by atoms with Gasteiger partial charge in [0.05, 0.1) is 0 Å². The number of amides is 4. The summed E-state index contributed by atoms with van der Waals surface area (Å²) in [7, 11) is 0. The van der Waals surface area contributed by atoms with Crippen LogP contribution in [0.2, 0.25) is 0 Å². The van der Waals surface area contributed by atoms with Crippen LogP contribution in [-0.2, 0) is 9.59 Å². The molecule has 6 nitrogen and oxygen atoms in total. The lowest BCUT2D eigenvalue weighted by Gasteiger charge is -2.19. The highest BCUT2D eigenvalue weighted by Gasteiger charge is 2.43. The molecule has 0 aliphatic carbocycles. The Morgan fingerprint density at radius 2 is 1.89 bits per heavy atom. The van der Waals surface area contributed by atoms with Gasteiger partial charge in [-0.2, -0.15) is 0 Å². The fraction of sp³-hybridized carbons (Fsp3) is 0.250. The molecule has 4 amide bonds. The molecule has 1 fully saturated rings. The van der Waals surface area contributed by atoms with Crippen molar-refractivity contribution in [1.82, 2.24) is 4.90 Å². The number of benzene rings is 1. The van der Waals surface area contributed by atoms with Crippen LogP contribution in [0.3, 0.4) is 0 Å². The largest absolute Gasteiger partial charge is 0.368 e. The zero-order valence-electron chi connectivity index (χ0n) is 10.2. The highest BCUT2D eigenvalue weighted by molar-refractivity contribution is 6.15. The van der Waals surface area contributed by atoms with E-state index in [9.17, 15) is 18.8 Å². The highest BCUT2D eigenvalue weighted by atomic mass is 19.1. The standard InChI is InChI=1S/C12H12FN3O3/c1-7-11(18)15(6-10(14)17)12(19)16(7)9-4-2-8(13)3-5-9/h2-5,7H,6H2,1H3,(H2,14,17)/t7-/m0/s1. The number of nitrogens with zero attached hydrogens (tertiary/aromatic N) is 2. The minimum atomic E-state index is -0.769. The maximum atomic E-state index is 12.9. The molecular formula is C12H12FN3O3. The normalized spacial score (nSPS) is 19.2. The fourth-order valence-corrected chi connectivity index (χ4v) is 1.96. The van der Waals surface area contributed by atoms with Gasteiger partial charge < -0.3 is 5.73 Å². The zero-order valence-corrected chi connectivity index (χ0v) is 10.2. The predicted octanol–water partition coefficient (Wildman–Crippen LogP) is 0.468. The van der Waals surface area contributed by atoms with E-state index in [2.05, 4.69) is 0 Å². The number of nitrogens with two attached hydrogens (primary N) is 1. The van der Waals surface area contributed by atoms with Crippen molar-refractivity contribution >= 4 is 23.5 Å². The Kier molecular flexibility index (Phi) is 3.20. The van der Waals surface area contributed by atoms with Gasteiger partial charge >= 0.3 is 6.03 Å². The molecule has 0 unspecified atom stereocenters. The Morgan fingerprint density at radius 3 is 2.42 bits per heavy atom. The van der Waals surface area contributed by atoms with Gasteiger partial charge in [0.1, 0.15) is 18.4 Å². The second-order valence-corrected chi connectivity index (χ2v) is 4.20. The lowest BCUT2D eigenvalue weighted by Crippen LogP contribution is -2.39. The number of carbonyl (C=O) groups is 3. The van der Waals surface area contributed by atoms with Crippen molar-refractivity contribution < 1.29 is 18.8 Å². The monoisotopic (exact) mass is 265 g/mol. The Bertz CT molecular complexity index is 544. The van der Waals surface area contributed by atoms with Gasteiger partial charge in [-0.25, -0.2) is 9.18 Å². The van der Waals surface area contributed by atoms with Crippen molar-refractivity contribution in [3.63, 3.8) is 0 Å². The summed E-state index contributed by atoms with van der Waals surface area (Å²) in [6.07, 6.45) is 0. The van der Waals surface area contributed by atoms with Crippen LogP contribution < -0.4 is 10.6 Å². The van der Waals surface area contributed by atoms with E-state index in [-0.39, 0.29) is 0 Å². The van der Waals surface area contributed by atoms with Crippen molar-refractivity contribution in [2.24, 2.45) is 5.73 Å². The average Bonchev–Trinajstić information content (AvgIpc) is 2.55. The van der Waals surface area contributed by atoms with Gasteiger partial charge in [0.15, 0.2) is 0 Å². The van der Waals surface area contributed by atoms with Crippen LogP contribution in [0.1, 0.15) is 6.92 Å². The SMILES string of the molecule is C[C@H]1C(=O)N(CC(N)=O)C(=O)N1c1ccc(F)cc1. The van der Waals surface area contributed by atoms with Crippen molar-refractivity contribution in [2.45, 2.75) is 13.0 Å². The molecule has 1 aliphatic heterocycles. The molecule has 2 rings (SSSR count). The molecule has 1 saturated heterocycles. The molecule has 1 aliphatic rings. The van der Waals surface area contributed by atoms with E-state index in [1.54, 1.807) is 0 Å². The van der Waals surface area contributed by atoms with Crippen LogP contribution in [-0.4, -0.2) is 35.3 Å². The second-order valence-electron chi connectivity index (χ2n) is 4.20. The molecule has 7 heteroatoms. The van der Waals surface area contributed by atoms with Crippen LogP contribution in [0.25, 0.3) is 0 Å². The van der Waals surface area contributed by atoms with Crippen molar-refractivity contribution in [3.05, 3.63) is 30.1 Å². The third kappa shape index (κ3) is 2.26. The molecule has 1 heterocycles.